The molecule has 3 aliphatic heterocycles. The molecule has 1 N–H and O–H groups in total. The fourth-order valence-corrected chi connectivity index (χ4v) is 6.90. The Kier molecular flexibility index (Phi) is 6.15. The van der Waals surface area contributed by atoms with Crippen LogP contribution >= 0.6 is 0 Å². The molecule has 0 aromatic carbocycles. The minimum absolute atomic E-state index is 0. The maximum Gasteiger partial charge on any atom is 0.227 e. The van der Waals surface area contributed by atoms with Crippen molar-refractivity contribution in [3.05, 3.63) is 36.4 Å². The fourth-order valence-electron chi connectivity index (χ4n) is 5.84. The summed E-state index contributed by atoms with van der Waals surface area (Å²) < 4.78 is 29.0. The number of hydrogen-bond acceptors (Lipinski definition) is 10. The van der Waals surface area contributed by atoms with Crippen molar-refractivity contribution in [2.24, 2.45) is 11.8 Å². The Hall–Kier alpha value is -3.05. The molecule has 6 rings (SSSR count). The number of fused-ring (bicyclic) bond motifs is 2. The molecule has 0 aliphatic carbocycles. The first-order valence-corrected chi connectivity index (χ1v) is 15.0. The number of nitrogens with one attached hydrogen (secondary N) is 1. The van der Waals surface area contributed by atoms with Gasteiger partial charge >= 0.3 is 0 Å². The van der Waals surface area contributed by atoms with Crippen molar-refractivity contribution in [3.63, 3.8) is 0 Å². The number of sulfone groups is 1. The summed E-state index contributed by atoms with van der Waals surface area (Å²) in [6.07, 6.45) is 7.97. The van der Waals surface area contributed by atoms with Gasteiger partial charge in [0.2, 0.25) is 5.95 Å². The van der Waals surface area contributed by atoms with Crippen LogP contribution in [0.1, 0.15) is 34.7 Å². The molecule has 3 fully saturated rings. The van der Waals surface area contributed by atoms with E-state index < -0.39 is 9.84 Å². The molecule has 2 atom stereocenters. The second-order valence-corrected chi connectivity index (χ2v) is 13.1. The van der Waals surface area contributed by atoms with Crippen LogP contribution in [0.2, 0.25) is 0 Å². The van der Waals surface area contributed by atoms with Gasteiger partial charge in [-0.3, -0.25) is 4.98 Å². The summed E-state index contributed by atoms with van der Waals surface area (Å²) in [5.41, 5.74) is 2.00. The third-order valence-corrected chi connectivity index (χ3v) is 8.70. The van der Waals surface area contributed by atoms with Gasteiger partial charge in [0.15, 0.2) is 0 Å². The number of anilines is 4. The van der Waals surface area contributed by atoms with E-state index >= 15 is 0 Å². The summed E-state index contributed by atoms with van der Waals surface area (Å²) in [5, 5.41) is 5.43. The smallest absolute Gasteiger partial charge is 0.227 e. The van der Waals surface area contributed by atoms with E-state index in [4.69, 9.17) is 19.7 Å². The Morgan fingerprint density at radius 3 is 2.76 bits per heavy atom. The molecule has 0 saturated carbocycles. The van der Waals surface area contributed by atoms with Crippen LogP contribution in [-0.4, -0.2) is 79.3 Å². The predicted molar refractivity (Wildman–Crippen MR) is 149 cm³/mol. The molecule has 0 radical (unpaired) electrons. The lowest BCUT2D eigenvalue weighted by Gasteiger charge is -2.41. The van der Waals surface area contributed by atoms with Crippen LogP contribution in [0.3, 0.4) is 0 Å². The molecule has 10 nitrogen and oxygen atoms in total. The zero-order valence-electron chi connectivity index (χ0n) is 21.5. The number of nitrogens with zero attached hydrogens (tertiary/aromatic N) is 6. The summed E-state index contributed by atoms with van der Waals surface area (Å²) in [4.78, 5) is 23.3. The average Bonchev–Trinajstić information content (AvgIpc) is 3.44. The normalized spacial score (nSPS) is 22.1. The second-order valence-electron chi connectivity index (χ2n) is 10.9. The highest BCUT2D eigenvalue weighted by molar-refractivity contribution is 7.90. The van der Waals surface area contributed by atoms with Crippen molar-refractivity contribution in [3.8, 4) is 0 Å². The number of ether oxygens (including phenoxy) is 1. The molecule has 3 saturated heterocycles. The van der Waals surface area contributed by atoms with Crippen molar-refractivity contribution < 1.29 is 16.0 Å². The van der Waals surface area contributed by atoms with Gasteiger partial charge in [0.1, 0.15) is 21.5 Å². The van der Waals surface area contributed by atoms with Gasteiger partial charge in [-0.15, -0.1) is 0 Å². The molecule has 0 bridgehead atoms. The van der Waals surface area contributed by atoms with Crippen molar-refractivity contribution >= 4 is 43.9 Å². The van der Waals surface area contributed by atoms with Crippen LogP contribution in [0.5, 0.6) is 0 Å². The first-order chi connectivity index (χ1) is 17.7. The SMILES string of the molecule is CC(C)c1ncc(N2CC(CS(C)(=O)=O)C2)c2cnc(Nc3ccnc(N4CC[C@H]5COCC54)n3)cc12.[HH].[HH]. The van der Waals surface area contributed by atoms with Crippen LogP contribution in [0, 0.1) is 11.8 Å². The molecule has 0 amide bonds. The summed E-state index contributed by atoms with van der Waals surface area (Å²) >= 11 is 0. The van der Waals surface area contributed by atoms with E-state index in [-0.39, 0.29) is 20.4 Å². The third-order valence-electron chi connectivity index (χ3n) is 7.63. The summed E-state index contributed by atoms with van der Waals surface area (Å²) in [6.45, 7) is 8.18. The number of aromatic nitrogens is 4. The van der Waals surface area contributed by atoms with E-state index in [1.165, 1.54) is 6.26 Å². The lowest BCUT2D eigenvalue weighted by molar-refractivity contribution is 0.179. The number of rotatable bonds is 7. The van der Waals surface area contributed by atoms with Gasteiger partial charge in [-0.2, -0.15) is 4.98 Å². The van der Waals surface area contributed by atoms with Crippen LogP contribution < -0.4 is 15.1 Å². The zero-order valence-corrected chi connectivity index (χ0v) is 22.3. The van der Waals surface area contributed by atoms with Crippen molar-refractivity contribution in [1.29, 1.82) is 0 Å². The summed E-state index contributed by atoms with van der Waals surface area (Å²) in [6, 6.07) is 4.24. The van der Waals surface area contributed by atoms with Crippen LogP contribution in [0.15, 0.2) is 30.7 Å². The second kappa shape index (κ2) is 9.36. The van der Waals surface area contributed by atoms with Crippen LogP contribution in [0.4, 0.5) is 23.3 Å². The Morgan fingerprint density at radius 1 is 1.14 bits per heavy atom. The standard InChI is InChI=1S/C26H33N7O3S.2H2/c1-16(2)25-19-8-24(28-9-20(19)21(10-29-25)32-11-17(12-32)15-37(3,34)35)30-23-4-6-27-26(31-23)33-7-5-18-13-36-14-22(18)33;;/h4,6,8-10,16-18,22H,5,7,11-15H2,1-3H3,(H,27,28,30,31);2*1H/t18-,22?;;/m0../s1. The van der Waals surface area contributed by atoms with Crippen molar-refractivity contribution in [2.75, 3.05) is 60.0 Å². The van der Waals surface area contributed by atoms with Gasteiger partial charge in [0.25, 0.3) is 0 Å². The van der Waals surface area contributed by atoms with Gasteiger partial charge in [-0.1, -0.05) is 13.8 Å². The van der Waals surface area contributed by atoms with Gasteiger partial charge in [-0.05, 0) is 24.5 Å². The largest absolute Gasteiger partial charge is 0.379 e. The predicted octanol–water partition coefficient (Wildman–Crippen LogP) is 3.48. The molecule has 1 unspecified atom stereocenters. The maximum absolute atomic E-state index is 11.7. The molecule has 3 aliphatic rings. The first kappa shape index (κ1) is 24.3. The molecular weight excluding hydrogens is 490 g/mol. The fraction of sp³-hybridized carbons (Fsp3) is 0.538. The Bertz CT molecular complexity index is 1440. The van der Waals surface area contributed by atoms with E-state index in [2.05, 4.69) is 33.9 Å². The quantitative estimate of drug-likeness (QED) is 0.490. The molecule has 0 spiro atoms. The monoisotopic (exact) mass is 527 g/mol. The minimum Gasteiger partial charge on any atom is -0.379 e. The van der Waals surface area contributed by atoms with E-state index in [9.17, 15) is 8.42 Å². The van der Waals surface area contributed by atoms with Crippen molar-refractivity contribution in [1.82, 2.24) is 19.9 Å². The van der Waals surface area contributed by atoms with E-state index in [0.717, 1.165) is 54.3 Å². The molecule has 11 heteroatoms. The highest BCUT2D eigenvalue weighted by Crippen LogP contribution is 2.36. The Morgan fingerprint density at radius 2 is 1.97 bits per heavy atom. The van der Waals surface area contributed by atoms with Crippen LogP contribution in [-0.2, 0) is 14.6 Å². The maximum atomic E-state index is 11.7. The van der Waals surface area contributed by atoms with Gasteiger partial charge < -0.3 is 19.9 Å². The topological polar surface area (TPSA) is 113 Å². The zero-order chi connectivity index (χ0) is 25.7. The van der Waals surface area contributed by atoms with Crippen LogP contribution in [0.25, 0.3) is 10.8 Å². The molecule has 3 aromatic rings. The average molecular weight is 528 g/mol. The summed E-state index contributed by atoms with van der Waals surface area (Å²) in [7, 11) is -2.98. The number of pyridine rings is 2. The van der Waals surface area contributed by atoms with Gasteiger partial charge in [-0.25, -0.2) is 18.4 Å². The molecule has 3 aromatic heterocycles. The van der Waals surface area contributed by atoms with Gasteiger partial charge in [0, 0.05) is 63.7 Å². The van der Waals surface area contributed by atoms with Crippen molar-refractivity contribution in [2.45, 2.75) is 32.2 Å². The van der Waals surface area contributed by atoms with E-state index in [1.807, 2.05) is 24.5 Å². The number of hydrogen-bond donors (Lipinski definition) is 1. The van der Waals surface area contributed by atoms with Gasteiger partial charge in [0.05, 0.1) is 42.6 Å². The minimum atomic E-state index is -2.98. The molecule has 200 valence electrons. The Labute approximate surface area is 220 Å². The lowest BCUT2D eigenvalue weighted by atomic mass is 9.98. The highest BCUT2D eigenvalue weighted by atomic mass is 32.2. The first-order valence-electron chi connectivity index (χ1n) is 12.9. The molecular formula is C26H37N7O3S. The third kappa shape index (κ3) is 4.82. The van der Waals surface area contributed by atoms with E-state index in [0.29, 0.717) is 36.7 Å². The Balaban J connectivity index is 0.00000176. The molecule has 6 heterocycles. The lowest BCUT2D eigenvalue weighted by Crippen LogP contribution is -2.49. The summed E-state index contributed by atoms with van der Waals surface area (Å²) in [5.74, 6) is 3.28. The van der Waals surface area contributed by atoms with E-state index in [1.54, 1.807) is 6.20 Å². The highest BCUT2D eigenvalue weighted by Gasteiger charge is 2.39. The molecule has 37 heavy (non-hydrogen) atoms.